The van der Waals surface area contributed by atoms with Crippen LogP contribution in [0.15, 0.2) is 41.5 Å². The molecule has 136 valence electrons. The van der Waals surface area contributed by atoms with Gasteiger partial charge in [0, 0.05) is 33.2 Å². The van der Waals surface area contributed by atoms with Crippen molar-refractivity contribution in [2.75, 3.05) is 33.9 Å². The average Bonchev–Trinajstić information content (AvgIpc) is 3.28. The molecule has 1 aliphatic heterocycles. The summed E-state index contributed by atoms with van der Waals surface area (Å²) in [6.07, 6.45) is 2.99. The van der Waals surface area contributed by atoms with Crippen LogP contribution in [-0.2, 0) is 11.3 Å². The summed E-state index contributed by atoms with van der Waals surface area (Å²) < 4.78 is 5.44. The number of ether oxygens (including phenoxy) is 1. The molecule has 2 N–H and O–H groups in total. The molecule has 3 rings (SSSR count). The fourth-order valence-electron chi connectivity index (χ4n) is 2.97. The van der Waals surface area contributed by atoms with Crippen molar-refractivity contribution in [2.24, 2.45) is 10.9 Å². The summed E-state index contributed by atoms with van der Waals surface area (Å²) in [4.78, 5) is 14.3. The second kappa shape index (κ2) is 9.76. The second-order valence-corrected chi connectivity index (χ2v) is 6.12. The van der Waals surface area contributed by atoms with Gasteiger partial charge < -0.3 is 19.9 Å². The number of hydrogen-bond donors (Lipinski definition) is 2. The minimum atomic E-state index is 0. The van der Waals surface area contributed by atoms with E-state index in [1.807, 2.05) is 31.4 Å². The largest absolute Gasteiger partial charge is 0.381 e. The Morgan fingerprint density at radius 2 is 2.20 bits per heavy atom. The predicted octanol–water partition coefficient (Wildman–Crippen LogP) is 2.74. The Kier molecular flexibility index (Phi) is 7.70. The zero-order valence-corrected chi connectivity index (χ0v) is 17.1. The highest BCUT2D eigenvalue weighted by atomic mass is 127. The normalized spacial score (nSPS) is 17.2. The van der Waals surface area contributed by atoms with Crippen molar-refractivity contribution in [3.63, 3.8) is 0 Å². The molecular weight excluding hydrogens is 429 g/mol. The van der Waals surface area contributed by atoms with Gasteiger partial charge in [-0.1, -0.05) is 30.3 Å². The van der Waals surface area contributed by atoms with Crippen LogP contribution in [0.25, 0.3) is 11.3 Å². The highest BCUT2D eigenvalue weighted by Gasteiger charge is 2.19. The molecule has 0 spiro atoms. The van der Waals surface area contributed by atoms with Gasteiger partial charge in [0.1, 0.15) is 5.82 Å². The molecule has 1 fully saturated rings. The molecular formula is C18H26IN5O. The van der Waals surface area contributed by atoms with Crippen LogP contribution in [0.5, 0.6) is 0 Å². The van der Waals surface area contributed by atoms with Crippen molar-refractivity contribution < 1.29 is 4.74 Å². The van der Waals surface area contributed by atoms with E-state index in [9.17, 15) is 0 Å². The summed E-state index contributed by atoms with van der Waals surface area (Å²) in [6, 6.07) is 10.2. The topological polar surface area (TPSA) is 65.5 Å². The molecule has 1 aromatic carbocycles. The Labute approximate surface area is 166 Å². The highest BCUT2D eigenvalue weighted by Crippen LogP contribution is 2.16. The Bertz CT molecular complexity index is 667. The first-order valence-corrected chi connectivity index (χ1v) is 8.35. The minimum absolute atomic E-state index is 0. The molecule has 0 bridgehead atoms. The lowest BCUT2D eigenvalue weighted by Gasteiger charge is -2.24. The van der Waals surface area contributed by atoms with Gasteiger partial charge in [0.15, 0.2) is 5.96 Å². The fraction of sp³-hybridized carbons (Fsp3) is 0.444. The van der Waals surface area contributed by atoms with Gasteiger partial charge in [-0.2, -0.15) is 0 Å². The molecule has 0 aliphatic carbocycles. The van der Waals surface area contributed by atoms with Crippen LogP contribution in [0.2, 0.25) is 0 Å². The summed E-state index contributed by atoms with van der Waals surface area (Å²) >= 11 is 0. The molecule has 7 heteroatoms. The number of hydrogen-bond acceptors (Lipinski definition) is 3. The summed E-state index contributed by atoms with van der Waals surface area (Å²) in [6.45, 7) is 3.29. The Balaban J connectivity index is 0.00000225. The molecule has 2 aromatic rings. The number of nitrogens with zero attached hydrogens (tertiary/aromatic N) is 3. The number of aromatic amines is 1. The zero-order chi connectivity index (χ0) is 16.8. The van der Waals surface area contributed by atoms with Gasteiger partial charge in [0.25, 0.3) is 0 Å². The lowest BCUT2D eigenvalue weighted by atomic mass is 10.1. The number of rotatable bonds is 5. The number of imidazole rings is 1. The molecule has 0 amide bonds. The van der Waals surface area contributed by atoms with Crippen LogP contribution in [0.3, 0.4) is 0 Å². The van der Waals surface area contributed by atoms with E-state index in [0.29, 0.717) is 12.5 Å². The van der Waals surface area contributed by atoms with E-state index in [1.165, 1.54) is 0 Å². The van der Waals surface area contributed by atoms with Crippen molar-refractivity contribution in [3.8, 4) is 11.3 Å². The number of benzene rings is 1. The summed E-state index contributed by atoms with van der Waals surface area (Å²) in [5.41, 5.74) is 2.16. The maximum absolute atomic E-state index is 5.44. The van der Waals surface area contributed by atoms with E-state index in [2.05, 4.69) is 44.4 Å². The Morgan fingerprint density at radius 1 is 1.40 bits per heavy atom. The molecule has 1 aliphatic rings. The van der Waals surface area contributed by atoms with Crippen LogP contribution >= 0.6 is 24.0 Å². The third-order valence-corrected chi connectivity index (χ3v) is 4.26. The van der Waals surface area contributed by atoms with E-state index in [-0.39, 0.29) is 24.0 Å². The van der Waals surface area contributed by atoms with Crippen LogP contribution < -0.4 is 5.32 Å². The molecule has 1 atom stereocenters. The molecule has 25 heavy (non-hydrogen) atoms. The maximum atomic E-state index is 5.44. The third-order valence-electron chi connectivity index (χ3n) is 4.26. The SMILES string of the molecule is CN=C(NCc1ncc(-c2ccccc2)[nH]1)N(C)CC1CCOC1.I. The molecule has 1 unspecified atom stereocenters. The van der Waals surface area contributed by atoms with Crippen LogP contribution in [0.4, 0.5) is 0 Å². The monoisotopic (exact) mass is 455 g/mol. The molecule has 2 heterocycles. The number of H-pyrrole nitrogens is 1. The number of nitrogens with one attached hydrogen (secondary N) is 2. The zero-order valence-electron chi connectivity index (χ0n) is 14.7. The first kappa shape index (κ1) is 19.7. The van der Waals surface area contributed by atoms with Gasteiger partial charge in [0.05, 0.1) is 25.0 Å². The number of aromatic nitrogens is 2. The first-order chi connectivity index (χ1) is 11.8. The molecule has 0 radical (unpaired) electrons. The van der Waals surface area contributed by atoms with Gasteiger partial charge in [-0.15, -0.1) is 24.0 Å². The third kappa shape index (κ3) is 5.43. The molecule has 1 saturated heterocycles. The van der Waals surface area contributed by atoms with Crippen molar-refractivity contribution in [1.29, 1.82) is 0 Å². The van der Waals surface area contributed by atoms with Crippen molar-refractivity contribution in [2.45, 2.75) is 13.0 Å². The lowest BCUT2D eigenvalue weighted by Crippen LogP contribution is -2.41. The van der Waals surface area contributed by atoms with Gasteiger partial charge >= 0.3 is 0 Å². The van der Waals surface area contributed by atoms with Crippen LogP contribution in [-0.4, -0.2) is 54.7 Å². The summed E-state index contributed by atoms with van der Waals surface area (Å²) in [5.74, 6) is 2.36. The summed E-state index contributed by atoms with van der Waals surface area (Å²) in [7, 11) is 3.87. The Morgan fingerprint density at radius 3 is 2.88 bits per heavy atom. The Hall–Kier alpha value is -1.61. The van der Waals surface area contributed by atoms with Gasteiger partial charge in [-0.3, -0.25) is 4.99 Å². The number of aliphatic imine (C=N–C) groups is 1. The summed E-state index contributed by atoms with van der Waals surface area (Å²) in [5, 5.41) is 3.37. The van der Waals surface area contributed by atoms with Crippen molar-refractivity contribution in [3.05, 3.63) is 42.4 Å². The molecule has 1 aromatic heterocycles. The molecule has 0 saturated carbocycles. The van der Waals surface area contributed by atoms with Crippen LogP contribution in [0, 0.1) is 5.92 Å². The van der Waals surface area contributed by atoms with Crippen molar-refractivity contribution in [1.82, 2.24) is 20.2 Å². The van der Waals surface area contributed by atoms with E-state index >= 15 is 0 Å². The van der Waals surface area contributed by atoms with Crippen LogP contribution in [0.1, 0.15) is 12.2 Å². The average molecular weight is 455 g/mol. The fourth-order valence-corrected chi connectivity index (χ4v) is 2.97. The van der Waals surface area contributed by atoms with Gasteiger partial charge in [-0.25, -0.2) is 4.98 Å². The molecule has 6 nitrogen and oxygen atoms in total. The minimum Gasteiger partial charge on any atom is -0.381 e. The van der Waals surface area contributed by atoms with E-state index in [1.54, 1.807) is 0 Å². The van der Waals surface area contributed by atoms with Gasteiger partial charge in [-0.05, 0) is 12.0 Å². The number of halogens is 1. The smallest absolute Gasteiger partial charge is 0.193 e. The van der Waals surface area contributed by atoms with Gasteiger partial charge in [0.2, 0.25) is 0 Å². The maximum Gasteiger partial charge on any atom is 0.193 e. The number of guanidine groups is 1. The van der Waals surface area contributed by atoms with E-state index in [0.717, 1.165) is 49.2 Å². The predicted molar refractivity (Wildman–Crippen MR) is 111 cm³/mol. The quantitative estimate of drug-likeness (QED) is 0.414. The lowest BCUT2D eigenvalue weighted by molar-refractivity contribution is 0.181. The standard InChI is InChI=1S/C18H25N5O.HI/c1-19-18(23(2)12-14-8-9-24-13-14)21-11-17-20-10-16(22-17)15-6-4-3-5-7-15;/h3-7,10,14H,8-9,11-13H2,1-2H3,(H,19,21)(H,20,22);1H. The van der Waals surface area contributed by atoms with Crippen molar-refractivity contribution >= 4 is 29.9 Å². The van der Waals surface area contributed by atoms with E-state index in [4.69, 9.17) is 4.74 Å². The first-order valence-electron chi connectivity index (χ1n) is 8.35. The second-order valence-electron chi connectivity index (χ2n) is 6.12. The van der Waals surface area contributed by atoms with E-state index < -0.39 is 0 Å². The highest BCUT2D eigenvalue weighted by molar-refractivity contribution is 14.0.